The highest BCUT2D eigenvalue weighted by atomic mass is 16.5. The van der Waals surface area contributed by atoms with Gasteiger partial charge in [0.05, 0.1) is 12.3 Å². The van der Waals surface area contributed by atoms with Crippen LogP contribution in [0.1, 0.15) is 18.2 Å². The molecule has 5 heteroatoms. The van der Waals surface area contributed by atoms with Crippen molar-refractivity contribution in [3.8, 4) is 5.75 Å². The molecule has 3 N–H and O–H groups in total. The van der Waals surface area contributed by atoms with Gasteiger partial charge in [0.2, 0.25) is 5.91 Å². The molecule has 5 nitrogen and oxygen atoms in total. The highest BCUT2D eigenvalue weighted by Gasteiger charge is 2.07. The molecule has 1 aromatic heterocycles. The molecule has 0 unspecified atom stereocenters. The number of furan rings is 1. The second-order valence-corrected chi connectivity index (χ2v) is 4.52. The van der Waals surface area contributed by atoms with Gasteiger partial charge in [0.15, 0.2) is 0 Å². The molecule has 2 rings (SSSR count). The van der Waals surface area contributed by atoms with E-state index < -0.39 is 0 Å². The molecule has 0 aliphatic heterocycles. The SMILES string of the molecule is C[C@@H](NCc1ccc(OCc2ccco2)cc1)C(N)=O. The molecule has 0 saturated carbocycles. The smallest absolute Gasteiger partial charge is 0.234 e. The van der Waals surface area contributed by atoms with E-state index in [4.69, 9.17) is 14.9 Å². The first-order valence-electron chi connectivity index (χ1n) is 6.42. The molecule has 0 aliphatic rings. The molecule has 0 fully saturated rings. The molecule has 0 radical (unpaired) electrons. The molecule has 1 aromatic carbocycles. The Kier molecular flexibility index (Phi) is 4.79. The van der Waals surface area contributed by atoms with E-state index in [-0.39, 0.29) is 11.9 Å². The molecule has 1 amide bonds. The predicted octanol–water partition coefficient (Wildman–Crippen LogP) is 1.82. The van der Waals surface area contributed by atoms with Crippen LogP contribution in [0.2, 0.25) is 0 Å². The van der Waals surface area contributed by atoms with Gasteiger partial charge in [0, 0.05) is 6.54 Å². The zero-order valence-corrected chi connectivity index (χ0v) is 11.3. The van der Waals surface area contributed by atoms with Crippen molar-refractivity contribution < 1.29 is 13.9 Å². The largest absolute Gasteiger partial charge is 0.486 e. The summed E-state index contributed by atoms with van der Waals surface area (Å²) in [5, 5.41) is 3.04. The van der Waals surface area contributed by atoms with Crippen LogP contribution in [0, 0.1) is 0 Å². The van der Waals surface area contributed by atoms with Gasteiger partial charge in [-0.05, 0) is 36.8 Å². The van der Waals surface area contributed by atoms with E-state index in [1.807, 2.05) is 36.4 Å². The van der Waals surface area contributed by atoms with Gasteiger partial charge in [-0.3, -0.25) is 4.79 Å². The maximum atomic E-state index is 10.9. The average molecular weight is 274 g/mol. The number of nitrogens with one attached hydrogen (secondary N) is 1. The Bertz CT molecular complexity index is 535. The van der Waals surface area contributed by atoms with Gasteiger partial charge in [-0.15, -0.1) is 0 Å². The van der Waals surface area contributed by atoms with Crippen molar-refractivity contribution in [1.29, 1.82) is 0 Å². The van der Waals surface area contributed by atoms with Gasteiger partial charge in [-0.1, -0.05) is 12.1 Å². The van der Waals surface area contributed by atoms with E-state index in [0.29, 0.717) is 13.2 Å². The Morgan fingerprint density at radius 3 is 2.70 bits per heavy atom. The molecule has 1 atom stereocenters. The highest BCUT2D eigenvalue weighted by Crippen LogP contribution is 2.14. The van der Waals surface area contributed by atoms with Crippen LogP contribution in [-0.4, -0.2) is 11.9 Å². The van der Waals surface area contributed by atoms with Gasteiger partial charge in [0.1, 0.15) is 18.1 Å². The zero-order chi connectivity index (χ0) is 14.4. The standard InChI is InChI=1S/C15H18N2O3/c1-11(15(16)18)17-9-12-4-6-13(7-5-12)20-10-14-3-2-8-19-14/h2-8,11,17H,9-10H2,1H3,(H2,16,18)/t11-/m1/s1. The monoisotopic (exact) mass is 274 g/mol. The number of carbonyl (C=O) groups excluding carboxylic acids is 1. The summed E-state index contributed by atoms with van der Waals surface area (Å²) in [6.07, 6.45) is 1.62. The summed E-state index contributed by atoms with van der Waals surface area (Å²) in [6.45, 7) is 2.73. The minimum atomic E-state index is -0.358. The minimum Gasteiger partial charge on any atom is -0.486 e. The molecule has 0 saturated heterocycles. The van der Waals surface area contributed by atoms with Crippen LogP contribution in [0.4, 0.5) is 0 Å². The number of hydrogen-bond acceptors (Lipinski definition) is 4. The van der Waals surface area contributed by atoms with Gasteiger partial charge in [-0.2, -0.15) is 0 Å². The molecule has 20 heavy (non-hydrogen) atoms. The van der Waals surface area contributed by atoms with Crippen molar-refractivity contribution in [2.45, 2.75) is 26.1 Å². The summed E-state index contributed by atoms with van der Waals surface area (Å²) in [4.78, 5) is 10.9. The number of hydrogen-bond donors (Lipinski definition) is 2. The van der Waals surface area contributed by atoms with E-state index in [9.17, 15) is 4.79 Å². The number of amides is 1. The van der Waals surface area contributed by atoms with E-state index in [2.05, 4.69) is 5.32 Å². The first kappa shape index (κ1) is 14.1. The molecule has 0 bridgehead atoms. The van der Waals surface area contributed by atoms with Crippen molar-refractivity contribution in [2.24, 2.45) is 5.73 Å². The molecule has 2 aromatic rings. The first-order valence-corrected chi connectivity index (χ1v) is 6.42. The number of primary amides is 1. The molecule has 0 spiro atoms. The van der Waals surface area contributed by atoms with Crippen LogP contribution in [-0.2, 0) is 17.9 Å². The molecular weight excluding hydrogens is 256 g/mol. The summed E-state index contributed by atoms with van der Waals surface area (Å²) >= 11 is 0. The van der Waals surface area contributed by atoms with Gasteiger partial charge in [0.25, 0.3) is 0 Å². The second-order valence-electron chi connectivity index (χ2n) is 4.52. The van der Waals surface area contributed by atoms with Gasteiger partial charge < -0.3 is 20.2 Å². The van der Waals surface area contributed by atoms with E-state index in [1.54, 1.807) is 13.2 Å². The first-order chi connectivity index (χ1) is 9.65. The number of benzene rings is 1. The predicted molar refractivity (Wildman–Crippen MR) is 75.0 cm³/mol. The van der Waals surface area contributed by atoms with Gasteiger partial charge in [-0.25, -0.2) is 0 Å². The van der Waals surface area contributed by atoms with Crippen LogP contribution in [0.5, 0.6) is 5.75 Å². The van der Waals surface area contributed by atoms with E-state index >= 15 is 0 Å². The van der Waals surface area contributed by atoms with Crippen LogP contribution in [0.15, 0.2) is 47.1 Å². The summed E-state index contributed by atoms with van der Waals surface area (Å²) in [5.41, 5.74) is 6.24. The number of rotatable bonds is 7. The molecular formula is C15H18N2O3. The third-order valence-electron chi connectivity index (χ3n) is 2.92. The minimum absolute atomic E-state index is 0.343. The lowest BCUT2D eigenvalue weighted by atomic mass is 10.2. The third kappa shape index (κ3) is 4.13. The zero-order valence-electron chi connectivity index (χ0n) is 11.3. The Morgan fingerprint density at radius 2 is 2.10 bits per heavy atom. The van der Waals surface area contributed by atoms with Crippen LogP contribution in [0.25, 0.3) is 0 Å². The van der Waals surface area contributed by atoms with Crippen molar-refractivity contribution >= 4 is 5.91 Å². The number of nitrogens with two attached hydrogens (primary N) is 1. The summed E-state index contributed by atoms with van der Waals surface area (Å²) < 4.78 is 10.8. The maximum Gasteiger partial charge on any atom is 0.234 e. The van der Waals surface area contributed by atoms with Crippen molar-refractivity contribution in [1.82, 2.24) is 5.32 Å². The lowest BCUT2D eigenvalue weighted by Crippen LogP contribution is -2.38. The average Bonchev–Trinajstić information content (AvgIpc) is 2.96. The van der Waals surface area contributed by atoms with Crippen LogP contribution >= 0.6 is 0 Å². The summed E-state index contributed by atoms with van der Waals surface area (Å²) in [7, 11) is 0. The van der Waals surface area contributed by atoms with Crippen molar-refractivity contribution in [2.75, 3.05) is 0 Å². The Labute approximate surface area is 117 Å². The fourth-order valence-corrected chi connectivity index (χ4v) is 1.62. The van der Waals surface area contributed by atoms with E-state index in [1.165, 1.54) is 0 Å². The third-order valence-corrected chi connectivity index (χ3v) is 2.92. The Balaban J connectivity index is 1.82. The summed E-state index contributed by atoms with van der Waals surface area (Å²) in [6, 6.07) is 11.0. The maximum absolute atomic E-state index is 10.9. The Morgan fingerprint density at radius 1 is 1.35 bits per heavy atom. The van der Waals surface area contributed by atoms with E-state index in [0.717, 1.165) is 17.1 Å². The lowest BCUT2D eigenvalue weighted by molar-refractivity contribution is -0.119. The van der Waals surface area contributed by atoms with Crippen LogP contribution in [0.3, 0.4) is 0 Å². The molecule has 1 heterocycles. The van der Waals surface area contributed by atoms with Crippen molar-refractivity contribution in [3.63, 3.8) is 0 Å². The quantitative estimate of drug-likeness (QED) is 0.807. The van der Waals surface area contributed by atoms with Crippen LogP contribution < -0.4 is 15.8 Å². The Hall–Kier alpha value is -2.27. The molecule has 106 valence electrons. The van der Waals surface area contributed by atoms with Gasteiger partial charge >= 0.3 is 0 Å². The second kappa shape index (κ2) is 6.77. The fraction of sp³-hybridized carbons (Fsp3) is 0.267. The molecule has 0 aliphatic carbocycles. The number of ether oxygens (including phenoxy) is 1. The van der Waals surface area contributed by atoms with Crippen molar-refractivity contribution in [3.05, 3.63) is 54.0 Å². The number of carbonyl (C=O) groups is 1. The topological polar surface area (TPSA) is 77.5 Å². The highest BCUT2D eigenvalue weighted by molar-refractivity contribution is 5.79. The fourth-order valence-electron chi connectivity index (χ4n) is 1.62. The normalized spacial score (nSPS) is 12.1. The lowest BCUT2D eigenvalue weighted by Gasteiger charge is -2.10. The summed E-state index contributed by atoms with van der Waals surface area (Å²) in [5.74, 6) is 1.20.